The largest absolute Gasteiger partial charge is 0.477 e. The Labute approximate surface area is 101 Å². The SMILES string of the molecule is CC1CCCC1CNc1ccnc(C(=O)O)c1. The van der Waals surface area contributed by atoms with E-state index in [0.29, 0.717) is 5.92 Å². The van der Waals surface area contributed by atoms with Crippen LogP contribution in [0.3, 0.4) is 0 Å². The second-order valence-corrected chi connectivity index (χ2v) is 4.78. The number of carbonyl (C=O) groups is 1. The third-order valence-electron chi connectivity index (χ3n) is 3.59. The van der Waals surface area contributed by atoms with E-state index in [9.17, 15) is 4.79 Å². The standard InChI is InChI=1S/C13H18N2O2/c1-9-3-2-4-10(9)8-15-11-5-6-14-12(7-11)13(16)17/h5-7,9-10H,2-4,8H2,1H3,(H,14,15)(H,16,17). The molecule has 0 radical (unpaired) electrons. The summed E-state index contributed by atoms with van der Waals surface area (Å²) in [5.41, 5.74) is 0.936. The van der Waals surface area contributed by atoms with Gasteiger partial charge in [0.05, 0.1) is 0 Å². The van der Waals surface area contributed by atoms with Gasteiger partial charge >= 0.3 is 5.97 Å². The Bertz CT molecular complexity index is 406. The van der Waals surface area contributed by atoms with E-state index in [4.69, 9.17) is 5.11 Å². The molecule has 0 aromatic carbocycles. The topological polar surface area (TPSA) is 62.2 Å². The van der Waals surface area contributed by atoms with Crippen molar-refractivity contribution < 1.29 is 9.90 Å². The minimum Gasteiger partial charge on any atom is -0.477 e. The lowest BCUT2D eigenvalue weighted by atomic mass is 9.98. The first-order valence-electron chi connectivity index (χ1n) is 6.10. The van der Waals surface area contributed by atoms with Gasteiger partial charge in [-0.3, -0.25) is 0 Å². The molecule has 0 spiro atoms. The van der Waals surface area contributed by atoms with Gasteiger partial charge in [0, 0.05) is 18.4 Å². The molecule has 0 saturated heterocycles. The van der Waals surface area contributed by atoms with E-state index < -0.39 is 5.97 Å². The summed E-state index contributed by atoms with van der Waals surface area (Å²) in [6.45, 7) is 3.21. The van der Waals surface area contributed by atoms with Gasteiger partial charge in [-0.25, -0.2) is 9.78 Å². The van der Waals surface area contributed by atoms with Gasteiger partial charge in [-0.2, -0.15) is 0 Å². The summed E-state index contributed by atoms with van der Waals surface area (Å²) in [6.07, 6.45) is 5.42. The number of anilines is 1. The van der Waals surface area contributed by atoms with Crippen molar-refractivity contribution in [2.45, 2.75) is 26.2 Å². The molecular weight excluding hydrogens is 216 g/mol. The monoisotopic (exact) mass is 234 g/mol. The molecule has 4 heteroatoms. The van der Waals surface area contributed by atoms with Crippen molar-refractivity contribution in [2.75, 3.05) is 11.9 Å². The summed E-state index contributed by atoms with van der Waals surface area (Å²) in [5, 5.41) is 12.1. The van der Waals surface area contributed by atoms with E-state index in [0.717, 1.165) is 18.2 Å². The highest BCUT2D eigenvalue weighted by Gasteiger charge is 2.22. The number of carboxylic acid groups (broad SMARTS) is 1. The number of pyridine rings is 1. The predicted octanol–water partition coefficient (Wildman–Crippen LogP) is 2.63. The van der Waals surface area contributed by atoms with E-state index >= 15 is 0 Å². The molecule has 2 atom stereocenters. The van der Waals surface area contributed by atoms with Gasteiger partial charge in [0.2, 0.25) is 0 Å². The van der Waals surface area contributed by atoms with Crippen LogP contribution in [0.1, 0.15) is 36.7 Å². The quantitative estimate of drug-likeness (QED) is 0.840. The third kappa shape index (κ3) is 2.96. The maximum absolute atomic E-state index is 10.8. The van der Waals surface area contributed by atoms with Gasteiger partial charge in [0.15, 0.2) is 0 Å². The second-order valence-electron chi connectivity index (χ2n) is 4.78. The summed E-state index contributed by atoms with van der Waals surface area (Å²) in [4.78, 5) is 14.6. The zero-order chi connectivity index (χ0) is 12.3. The van der Waals surface area contributed by atoms with Crippen molar-refractivity contribution in [1.82, 2.24) is 4.98 Å². The summed E-state index contributed by atoms with van der Waals surface area (Å²) in [6, 6.07) is 3.40. The molecule has 0 bridgehead atoms. The molecule has 92 valence electrons. The highest BCUT2D eigenvalue weighted by atomic mass is 16.4. The van der Waals surface area contributed by atoms with Crippen LogP contribution < -0.4 is 5.32 Å². The normalized spacial score (nSPS) is 23.6. The molecule has 1 aliphatic rings. The number of hydrogen-bond acceptors (Lipinski definition) is 3. The molecule has 1 aromatic rings. The Hall–Kier alpha value is -1.58. The minimum atomic E-state index is -0.983. The average molecular weight is 234 g/mol. The molecule has 0 aliphatic heterocycles. The van der Waals surface area contributed by atoms with Gasteiger partial charge in [-0.15, -0.1) is 0 Å². The molecular formula is C13H18N2O2. The Balaban J connectivity index is 1.94. The summed E-state index contributed by atoms with van der Waals surface area (Å²) < 4.78 is 0. The molecule has 0 amide bonds. The highest BCUT2D eigenvalue weighted by molar-refractivity contribution is 5.86. The summed E-state index contributed by atoms with van der Waals surface area (Å²) in [5.74, 6) is 0.489. The van der Waals surface area contributed by atoms with Crippen LogP contribution in [0.5, 0.6) is 0 Å². The van der Waals surface area contributed by atoms with Crippen LogP contribution in [-0.2, 0) is 0 Å². The number of nitrogens with one attached hydrogen (secondary N) is 1. The molecule has 1 heterocycles. The van der Waals surface area contributed by atoms with E-state index in [2.05, 4.69) is 17.2 Å². The predicted molar refractivity (Wildman–Crippen MR) is 66.2 cm³/mol. The van der Waals surface area contributed by atoms with E-state index in [1.54, 1.807) is 6.07 Å². The van der Waals surface area contributed by atoms with Crippen LogP contribution in [0.2, 0.25) is 0 Å². The number of rotatable bonds is 4. The first-order chi connectivity index (χ1) is 8.16. The molecule has 2 rings (SSSR count). The fourth-order valence-electron chi connectivity index (χ4n) is 2.43. The Morgan fingerprint density at radius 2 is 2.41 bits per heavy atom. The molecule has 1 aliphatic carbocycles. The van der Waals surface area contributed by atoms with Gasteiger partial charge in [0.25, 0.3) is 0 Å². The van der Waals surface area contributed by atoms with Gasteiger partial charge in [0.1, 0.15) is 5.69 Å². The van der Waals surface area contributed by atoms with E-state index in [1.807, 2.05) is 6.07 Å². The van der Waals surface area contributed by atoms with Crippen molar-refractivity contribution in [3.8, 4) is 0 Å². The van der Waals surface area contributed by atoms with Crippen LogP contribution in [0.4, 0.5) is 5.69 Å². The van der Waals surface area contributed by atoms with Gasteiger partial charge in [-0.1, -0.05) is 19.8 Å². The second kappa shape index (κ2) is 5.17. The lowest BCUT2D eigenvalue weighted by Crippen LogP contribution is -2.16. The van der Waals surface area contributed by atoms with Crippen LogP contribution in [0.15, 0.2) is 18.3 Å². The molecule has 2 N–H and O–H groups in total. The zero-order valence-corrected chi connectivity index (χ0v) is 10.0. The van der Waals surface area contributed by atoms with Crippen molar-refractivity contribution in [2.24, 2.45) is 11.8 Å². The first-order valence-corrected chi connectivity index (χ1v) is 6.10. The molecule has 4 nitrogen and oxygen atoms in total. The van der Waals surface area contributed by atoms with E-state index in [-0.39, 0.29) is 5.69 Å². The van der Waals surface area contributed by atoms with Crippen molar-refractivity contribution in [3.63, 3.8) is 0 Å². The number of aromatic carboxylic acids is 1. The molecule has 1 aromatic heterocycles. The molecule has 2 unspecified atom stereocenters. The van der Waals surface area contributed by atoms with Crippen LogP contribution in [0.25, 0.3) is 0 Å². The van der Waals surface area contributed by atoms with E-state index in [1.165, 1.54) is 25.5 Å². The lowest BCUT2D eigenvalue weighted by molar-refractivity contribution is 0.0690. The highest BCUT2D eigenvalue weighted by Crippen LogP contribution is 2.31. The van der Waals surface area contributed by atoms with Crippen molar-refractivity contribution >= 4 is 11.7 Å². The first kappa shape index (κ1) is 11.9. The average Bonchev–Trinajstić information content (AvgIpc) is 2.72. The Morgan fingerprint density at radius 1 is 1.59 bits per heavy atom. The summed E-state index contributed by atoms with van der Waals surface area (Å²) in [7, 11) is 0. The van der Waals surface area contributed by atoms with Gasteiger partial charge < -0.3 is 10.4 Å². The van der Waals surface area contributed by atoms with Crippen LogP contribution in [-0.4, -0.2) is 22.6 Å². The zero-order valence-electron chi connectivity index (χ0n) is 10.0. The molecule has 17 heavy (non-hydrogen) atoms. The molecule has 1 fully saturated rings. The van der Waals surface area contributed by atoms with Crippen LogP contribution >= 0.6 is 0 Å². The summed E-state index contributed by atoms with van der Waals surface area (Å²) >= 11 is 0. The third-order valence-corrected chi connectivity index (χ3v) is 3.59. The Morgan fingerprint density at radius 3 is 3.06 bits per heavy atom. The Kier molecular flexibility index (Phi) is 3.61. The molecule has 1 saturated carbocycles. The number of aromatic nitrogens is 1. The number of carboxylic acids is 1. The number of hydrogen-bond donors (Lipinski definition) is 2. The minimum absolute atomic E-state index is 0.0921. The van der Waals surface area contributed by atoms with Crippen molar-refractivity contribution in [1.29, 1.82) is 0 Å². The smallest absolute Gasteiger partial charge is 0.354 e. The maximum atomic E-state index is 10.8. The fraction of sp³-hybridized carbons (Fsp3) is 0.538. The van der Waals surface area contributed by atoms with Gasteiger partial charge in [-0.05, 0) is 30.4 Å². The maximum Gasteiger partial charge on any atom is 0.354 e. The lowest BCUT2D eigenvalue weighted by Gasteiger charge is -2.16. The number of nitrogens with zero attached hydrogens (tertiary/aromatic N) is 1. The van der Waals surface area contributed by atoms with Crippen molar-refractivity contribution in [3.05, 3.63) is 24.0 Å². The fourth-order valence-corrected chi connectivity index (χ4v) is 2.43. The van der Waals surface area contributed by atoms with Crippen LogP contribution in [0, 0.1) is 11.8 Å².